The third-order valence-corrected chi connectivity index (χ3v) is 5.32. The number of carbonyl (C=O) groups excluding carboxylic acids is 2. The lowest BCUT2D eigenvalue weighted by Crippen LogP contribution is -2.26. The van der Waals surface area contributed by atoms with Gasteiger partial charge in [0.1, 0.15) is 0 Å². The Kier molecular flexibility index (Phi) is 7.63. The van der Waals surface area contributed by atoms with Crippen LogP contribution in [0.3, 0.4) is 0 Å². The van der Waals surface area contributed by atoms with Crippen molar-refractivity contribution in [2.75, 3.05) is 11.9 Å². The largest absolute Gasteiger partial charge is 0.352 e. The van der Waals surface area contributed by atoms with Crippen molar-refractivity contribution >= 4 is 50.4 Å². The van der Waals surface area contributed by atoms with Gasteiger partial charge in [-0.2, -0.15) is 5.26 Å². The molecule has 0 fully saturated rings. The maximum absolute atomic E-state index is 12.2. The van der Waals surface area contributed by atoms with E-state index in [9.17, 15) is 9.59 Å². The predicted molar refractivity (Wildman–Crippen MR) is 126 cm³/mol. The molecule has 3 aromatic rings. The number of hydrogen-bond donors (Lipinski definition) is 2. The van der Waals surface area contributed by atoms with Crippen LogP contribution < -0.4 is 10.6 Å². The number of aryl methyl sites for hydroxylation is 2. The van der Waals surface area contributed by atoms with Crippen molar-refractivity contribution in [3.05, 3.63) is 70.3 Å². The number of para-hydroxylation sites is 1. The summed E-state index contributed by atoms with van der Waals surface area (Å²) in [5, 5.41) is 15.5. The maximum atomic E-state index is 12.2. The molecule has 1 heterocycles. The summed E-state index contributed by atoms with van der Waals surface area (Å²) in [6.45, 7) is 2.77. The van der Waals surface area contributed by atoms with Crippen molar-refractivity contribution in [1.82, 2.24) is 9.88 Å². The summed E-state index contributed by atoms with van der Waals surface area (Å²) in [6.07, 6.45) is 5.76. The summed E-state index contributed by atoms with van der Waals surface area (Å²) in [7, 11) is 0. The SMILES string of the molecule is Cc1ccc(Br)cc1NC(=O)CCNC(=O)/C=C/c1cn(CCC#N)c2ccccc12. The van der Waals surface area contributed by atoms with E-state index in [1.165, 1.54) is 6.08 Å². The second-order valence-corrected chi connectivity index (χ2v) is 8.00. The average Bonchev–Trinajstić information content (AvgIpc) is 3.11. The van der Waals surface area contributed by atoms with Gasteiger partial charge in [-0.1, -0.05) is 40.2 Å². The van der Waals surface area contributed by atoms with Crippen LogP contribution in [-0.2, 0) is 16.1 Å². The molecule has 0 aliphatic heterocycles. The number of amides is 2. The van der Waals surface area contributed by atoms with Crippen molar-refractivity contribution in [2.24, 2.45) is 0 Å². The second kappa shape index (κ2) is 10.6. The Hall–Kier alpha value is -3.37. The van der Waals surface area contributed by atoms with Gasteiger partial charge in [0.15, 0.2) is 0 Å². The van der Waals surface area contributed by atoms with E-state index in [4.69, 9.17) is 5.26 Å². The van der Waals surface area contributed by atoms with Crippen LogP contribution in [-0.4, -0.2) is 22.9 Å². The molecule has 0 bridgehead atoms. The first-order chi connectivity index (χ1) is 15.0. The minimum atomic E-state index is -0.264. The van der Waals surface area contributed by atoms with E-state index in [-0.39, 0.29) is 24.8 Å². The smallest absolute Gasteiger partial charge is 0.244 e. The fraction of sp³-hybridized carbons (Fsp3) is 0.208. The topological polar surface area (TPSA) is 86.9 Å². The van der Waals surface area contributed by atoms with Crippen LogP contribution in [0.1, 0.15) is 24.0 Å². The van der Waals surface area contributed by atoms with Gasteiger partial charge in [0.2, 0.25) is 11.8 Å². The van der Waals surface area contributed by atoms with E-state index in [0.717, 1.165) is 32.2 Å². The highest BCUT2D eigenvalue weighted by Gasteiger charge is 2.08. The summed E-state index contributed by atoms with van der Waals surface area (Å²) < 4.78 is 2.91. The van der Waals surface area contributed by atoms with Crippen LogP contribution in [0.25, 0.3) is 17.0 Å². The number of nitrogens with one attached hydrogen (secondary N) is 2. The quantitative estimate of drug-likeness (QED) is 0.456. The molecule has 2 N–H and O–H groups in total. The highest BCUT2D eigenvalue weighted by atomic mass is 79.9. The third-order valence-electron chi connectivity index (χ3n) is 4.82. The summed E-state index contributed by atoms with van der Waals surface area (Å²) in [5.74, 6) is -0.425. The number of rotatable bonds is 8. The fourth-order valence-electron chi connectivity index (χ4n) is 3.23. The summed E-state index contributed by atoms with van der Waals surface area (Å²) in [4.78, 5) is 24.3. The van der Waals surface area contributed by atoms with Gasteiger partial charge in [-0.25, -0.2) is 0 Å². The molecule has 31 heavy (non-hydrogen) atoms. The lowest BCUT2D eigenvalue weighted by molar-refractivity contribution is -0.117. The maximum Gasteiger partial charge on any atom is 0.244 e. The number of nitriles is 1. The van der Waals surface area contributed by atoms with Crippen LogP contribution >= 0.6 is 15.9 Å². The van der Waals surface area contributed by atoms with Crippen LogP contribution in [0.2, 0.25) is 0 Å². The molecule has 0 atom stereocenters. The van der Waals surface area contributed by atoms with Gasteiger partial charge in [-0.05, 0) is 36.8 Å². The fourth-order valence-corrected chi connectivity index (χ4v) is 3.59. The number of benzene rings is 2. The summed E-state index contributed by atoms with van der Waals surface area (Å²) >= 11 is 3.39. The van der Waals surface area contributed by atoms with E-state index in [2.05, 4.69) is 32.6 Å². The lowest BCUT2D eigenvalue weighted by Gasteiger charge is -2.09. The molecule has 1 aromatic heterocycles. The van der Waals surface area contributed by atoms with Gasteiger partial charge >= 0.3 is 0 Å². The first-order valence-corrected chi connectivity index (χ1v) is 10.7. The van der Waals surface area contributed by atoms with Gasteiger partial charge < -0.3 is 15.2 Å². The molecule has 2 amide bonds. The number of aromatic nitrogens is 1. The van der Waals surface area contributed by atoms with Crippen LogP contribution in [0.15, 0.2) is 59.2 Å². The molecule has 0 spiro atoms. The minimum Gasteiger partial charge on any atom is -0.352 e. The first-order valence-electron chi connectivity index (χ1n) is 9.94. The zero-order valence-electron chi connectivity index (χ0n) is 17.2. The molecule has 2 aromatic carbocycles. The van der Waals surface area contributed by atoms with Crippen molar-refractivity contribution in [3.63, 3.8) is 0 Å². The van der Waals surface area contributed by atoms with E-state index in [1.54, 1.807) is 6.08 Å². The normalized spacial score (nSPS) is 10.9. The van der Waals surface area contributed by atoms with Gasteiger partial charge in [0.25, 0.3) is 0 Å². The number of carbonyl (C=O) groups is 2. The predicted octanol–water partition coefficient (Wildman–Crippen LogP) is 4.78. The van der Waals surface area contributed by atoms with Crippen LogP contribution in [0.4, 0.5) is 5.69 Å². The molecule has 6 nitrogen and oxygen atoms in total. The van der Waals surface area contributed by atoms with E-state index < -0.39 is 0 Å². The third kappa shape index (κ3) is 6.06. The highest BCUT2D eigenvalue weighted by Crippen LogP contribution is 2.23. The van der Waals surface area contributed by atoms with Gasteiger partial charge in [-0.3, -0.25) is 9.59 Å². The second-order valence-electron chi connectivity index (χ2n) is 7.08. The summed E-state index contributed by atoms with van der Waals surface area (Å²) in [5.41, 5.74) is 3.65. The molecule has 0 saturated heterocycles. The van der Waals surface area contributed by atoms with E-state index in [1.807, 2.05) is 60.2 Å². The van der Waals surface area contributed by atoms with Crippen molar-refractivity contribution in [3.8, 4) is 6.07 Å². The van der Waals surface area contributed by atoms with Crippen LogP contribution in [0, 0.1) is 18.3 Å². The van der Waals surface area contributed by atoms with Gasteiger partial charge in [-0.15, -0.1) is 0 Å². The Morgan fingerprint density at radius 1 is 1.23 bits per heavy atom. The molecule has 0 aliphatic carbocycles. The first kappa shape index (κ1) is 22.3. The number of hydrogen-bond acceptors (Lipinski definition) is 3. The minimum absolute atomic E-state index is 0.161. The van der Waals surface area contributed by atoms with E-state index in [0.29, 0.717) is 13.0 Å². The van der Waals surface area contributed by atoms with Crippen molar-refractivity contribution in [1.29, 1.82) is 5.26 Å². The molecule has 0 aliphatic rings. The van der Waals surface area contributed by atoms with E-state index >= 15 is 0 Å². The molecule has 158 valence electrons. The van der Waals surface area contributed by atoms with Crippen molar-refractivity contribution in [2.45, 2.75) is 26.3 Å². The Labute approximate surface area is 189 Å². The zero-order chi connectivity index (χ0) is 22.2. The molecular weight excluding hydrogens is 456 g/mol. The van der Waals surface area contributed by atoms with Crippen LogP contribution in [0.5, 0.6) is 0 Å². The molecular formula is C24H23BrN4O2. The number of nitrogens with zero attached hydrogens (tertiary/aromatic N) is 2. The molecule has 0 saturated carbocycles. The number of fused-ring (bicyclic) bond motifs is 1. The zero-order valence-corrected chi connectivity index (χ0v) is 18.8. The molecule has 7 heteroatoms. The summed E-state index contributed by atoms with van der Waals surface area (Å²) in [6, 6.07) is 15.7. The standard InChI is InChI=1S/C24H23BrN4O2/c1-17-7-9-19(25)15-21(17)28-24(31)11-13-27-23(30)10-8-18-16-29(14-4-12-26)22-6-3-2-5-20(18)22/h2-3,5-10,15-16H,4,11,13-14H2,1H3,(H,27,30)(H,28,31)/b10-8+. The Balaban J connectivity index is 1.54. The molecule has 3 rings (SSSR count). The highest BCUT2D eigenvalue weighted by molar-refractivity contribution is 9.10. The Morgan fingerprint density at radius 2 is 2.03 bits per heavy atom. The molecule has 0 radical (unpaired) electrons. The van der Waals surface area contributed by atoms with Gasteiger partial charge in [0, 0.05) is 58.4 Å². The number of anilines is 1. The molecule has 0 unspecified atom stereocenters. The monoisotopic (exact) mass is 478 g/mol. The Bertz CT molecular complexity index is 1170. The van der Waals surface area contributed by atoms with Crippen molar-refractivity contribution < 1.29 is 9.59 Å². The lowest BCUT2D eigenvalue weighted by atomic mass is 10.1. The number of halogens is 1. The average molecular weight is 479 g/mol. The Morgan fingerprint density at radius 3 is 2.84 bits per heavy atom. The van der Waals surface area contributed by atoms with Gasteiger partial charge in [0.05, 0.1) is 12.5 Å².